The van der Waals surface area contributed by atoms with Crippen LogP contribution in [0.15, 0.2) is 42.5 Å². The van der Waals surface area contributed by atoms with E-state index in [2.05, 4.69) is 49.4 Å². The second kappa shape index (κ2) is 4.09. The van der Waals surface area contributed by atoms with Crippen molar-refractivity contribution in [2.24, 2.45) is 0 Å². The number of rotatable bonds is 0. The van der Waals surface area contributed by atoms with Crippen LogP contribution in [0.4, 0.5) is 0 Å². The first-order chi connectivity index (χ1) is 9.34. The summed E-state index contributed by atoms with van der Waals surface area (Å²) in [5, 5.41) is 5.73. The minimum absolute atomic E-state index is 1.25. The van der Waals surface area contributed by atoms with Gasteiger partial charge >= 0.3 is 0 Å². The second-order valence-electron chi connectivity index (χ2n) is 5.74. The van der Waals surface area contributed by atoms with Gasteiger partial charge in [0.25, 0.3) is 0 Å². The van der Waals surface area contributed by atoms with Crippen molar-refractivity contribution in [3.63, 3.8) is 0 Å². The molecular formula is C19H18. The molecule has 0 unspecified atom stereocenters. The molecule has 1 aliphatic rings. The highest BCUT2D eigenvalue weighted by atomic mass is 14.2. The van der Waals surface area contributed by atoms with E-state index < -0.39 is 0 Å². The Morgan fingerprint density at radius 3 is 2.37 bits per heavy atom. The maximum absolute atomic E-state index is 2.40. The molecule has 0 radical (unpaired) electrons. The van der Waals surface area contributed by atoms with Crippen LogP contribution in [0.1, 0.15) is 29.5 Å². The average molecular weight is 246 g/mol. The molecule has 19 heavy (non-hydrogen) atoms. The van der Waals surface area contributed by atoms with E-state index in [9.17, 15) is 0 Å². The van der Waals surface area contributed by atoms with Crippen molar-refractivity contribution in [2.75, 3.05) is 0 Å². The molecule has 0 saturated heterocycles. The second-order valence-corrected chi connectivity index (χ2v) is 5.74. The molecule has 1 aliphatic carbocycles. The van der Waals surface area contributed by atoms with Gasteiger partial charge in [0.15, 0.2) is 0 Å². The van der Waals surface area contributed by atoms with Crippen LogP contribution < -0.4 is 0 Å². The van der Waals surface area contributed by atoms with Crippen LogP contribution in [0.3, 0.4) is 0 Å². The fourth-order valence-electron chi connectivity index (χ4n) is 3.61. The number of fused-ring (bicyclic) bond motifs is 5. The van der Waals surface area contributed by atoms with E-state index in [0.717, 1.165) is 0 Å². The Morgan fingerprint density at radius 2 is 1.47 bits per heavy atom. The van der Waals surface area contributed by atoms with E-state index in [1.54, 1.807) is 11.1 Å². The highest BCUT2D eigenvalue weighted by molar-refractivity contribution is 6.10. The lowest BCUT2D eigenvalue weighted by atomic mass is 9.85. The highest BCUT2D eigenvalue weighted by Crippen LogP contribution is 2.34. The van der Waals surface area contributed by atoms with Crippen molar-refractivity contribution in [3.05, 3.63) is 59.2 Å². The molecule has 0 bridgehead atoms. The average Bonchev–Trinajstić information content (AvgIpc) is 2.47. The zero-order valence-corrected chi connectivity index (χ0v) is 11.4. The van der Waals surface area contributed by atoms with Crippen LogP contribution in [-0.4, -0.2) is 0 Å². The fraction of sp³-hybridized carbons (Fsp3) is 0.263. The van der Waals surface area contributed by atoms with E-state index in [4.69, 9.17) is 0 Å². The Labute approximate surface area is 114 Å². The molecule has 0 amide bonds. The Bertz CT molecular complexity index is 781. The van der Waals surface area contributed by atoms with Gasteiger partial charge in [0.2, 0.25) is 0 Å². The molecule has 0 N–H and O–H groups in total. The number of hydrogen-bond acceptors (Lipinski definition) is 0. The normalized spacial score (nSPS) is 14.8. The summed E-state index contributed by atoms with van der Waals surface area (Å²) in [5.74, 6) is 0. The van der Waals surface area contributed by atoms with Gasteiger partial charge in [-0.25, -0.2) is 0 Å². The smallest absolute Gasteiger partial charge is 0.0102 e. The fourth-order valence-corrected chi connectivity index (χ4v) is 3.61. The lowest BCUT2D eigenvalue weighted by molar-refractivity contribution is 0.690. The number of hydrogen-bond donors (Lipinski definition) is 0. The molecule has 0 atom stereocenters. The van der Waals surface area contributed by atoms with Gasteiger partial charge in [0.05, 0.1) is 0 Å². The van der Waals surface area contributed by atoms with Crippen LogP contribution in [0.5, 0.6) is 0 Å². The van der Waals surface area contributed by atoms with Gasteiger partial charge in [-0.05, 0) is 70.8 Å². The summed E-state index contributed by atoms with van der Waals surface area (Å²) in [7, 11) is 0. The van der Waals surface area contributed by atoms with Gasteiger partial charge < -0.3 is 0 Å². The standard InChI is InChI=1S/C19H18/c1-13-12-19-16-8-3-2-6-14(16)10-11-18(19)17-9-5-4-7-15(13)17/h4-5,7,9-12H,2-3,6,8H2,1H3. The van der Waals surface area contributed by atoms with Crippen LogP contribution in [0.2, 0.25) is 0 Å². The third kappa shape index (κ3) is 1.59. The predicted octanol–water partition coefficient (Wildman–Crippen LogP) is 5.18. The first-order valence-electron chi connectivity index (χ1n) is 7.27. The molecule has 0 saturated carbocycles. The van der Waals surface area contributed by atoms with E-state index in [0.29, 0.717) is 0 Å². The highest BCUT2D eigenvalue weighted by Gasteiger charge is 2.14. The van der Waals surface area contributed by atoms with Gasteiger partial charge in [-0.15, -0.1) is 0 Å². The molecular weight excluding hydrogens is 228 g/mol. The molecule has 3 aromatic rings. The van der Waals surface area contributed by atoms with Crippen molar-refractivity contribution >= 4 is 21.5 Å². The summed E-state index contributed by atoms with van der Waals surface area (Å²) < 4.78 is 0. The molecule has 4 rings (SSSR count). The summed E-state index contributed by atoms with van der Waals surface area (Å²) in [6.07, 6.45) is 5.21. The predicted molar refractivity (Wildman–Crippen MR) is 82.8 cm³/mol. The third-order valence-electron chi connectivity index (χ3n) is 4.58. The lowest BCUT2D eigenvalue weighted by Crippen LogP contribution is -2.03. The van der Waals surface area contributed by atoms with Crippen molar-refractivity contribution in [1.29, 1.82) is 0 Å². The minimum Gasteiger partial charge on any atom is -0.0616 e. The SMILES string of the molecule is Cc1cc2c3c(ccc2c2ccccc12)CCCC3. The molecule has 0 heterocycles. The summed E-state index contributed by atoms with van der Waals surface area (Å²) in [6, 6.07) is 15.9. The molecule has 3 aromatic carbocycles. The summed E-state index contributed by atoms with van der Waals surface area (Å²) in [5.41, 5.74) is 4.59. The van der Waals surface area contributed by atoms with E-state index in [1.165, 1.54) is 52.8 Å². The van der Waals surface area contributed by atoms with E-state index >= 15 is 0 Å². The topological polar surface area (TPSA) is 0 Å². The largest absolute Gasteiger partial charge is 0.0616 e. The summed E-state index contributed by atoms with van der Waals surface area (Å²) in [6.45, 7) is 2.24. The van der Waals surface area contributed by atoms with Crippen LogP contribution in [0.25, 0.3) is 21.5 Å². The van der Waals surface area contributed by atoms with Crippen LogP contribution in [0, 0.1) is 6.92 Å². The van der Waals surface area contributed by atoms with Crippen molar-refractivity contribution in [3.8, 4) is 0 Å². The third-order valence-corrected chi connectivity index (χ3v) is 4.58. The number of benzene rings is 3. The Hall–Kier alpha value is -1.82. The maximum Gasteiger partial charge on any atom is -0.0102 e. The molecule has 0 nitrogen and oxygen atoms in total. The van der Waals surface area contributed by atoms with Gasteiger partial charge in [-0.2, -0.15) is 0 Å². The summed E-state index contributed by atoms with van der Waals surface area (Å²) >= 11 is 0. The van der Waals surface area contributed by atoms with Gasteiger partial charge in [0, 0.05) is 0 Å². The molecule has 0 spiro atoms. The summed E-state index contributed by atoms with van der Waals surface area (Å²) in [4.78, 5) is 0. The number of aryl methyl sites for hydroxylation is 3. The van der Waals surface area contributed by atoms with E-state index in [-0.39, 0.29) is 0 Å². The molecule has 94 valence electrons. The monoisotopic (exact) mass is 246 g/mol. The quantitative estimate of drug-likeness (QED) is 0.479. The Kier molecular flexibility index (Phi) is 2.38. The van der Waals surface area contributed by atoms with Crippen molar-refractivity contribution < 1.29 is 0 Å². The molecule has 0 heteroatoms. The van der Waals surface area contributed by atoms with Crippen molar-refractivity contribution in [2.45, 2.75) is 32.6 Å². The van der Waals surface area contributed by atoms with Crippen LogP contribution >= 0.6 is 0 Å². The molecule has 0 aliphatic heterocycles. The maximum atomic E-state index is 2.40. The first kappa shape index (κ1) is 11.0. The van der Waals surface area contributed by atoms with E-state index in [1.807, 2.05) is 0 Å². The molecule has 0 aromatic heterocycles. The Morgan fingerprint density at radius 1 is 0.737 bits per heavy atom. The lowest BCUT2D eigenvalue weighted by Gasteiger charge is -2.19. The van der Waals surface area contributed by atoms with Gasteiger partial charge in [-0.3, -0.25) is 0 Å². The minimum atomic E-state index is 1.25. The zero-order chi connectivity index (χ0) is 12.8. The first-order valence-corrected chi connectivity index (χ1v) is 7.27. The van der Waals surface area contributed by atoms with Crippen LogP contribution in [-0.2, 0) is 12.8 Å². The Balaban J connectivity index is 2.19. The van der Waals surface area contributed by atoms with Gasteiger partial charge in [0.1, 0.15) is 0 Å². The zero-order valence-electron chi connectivity index (χ0n) is 11.4. The molecule has 0 fully saturated rings. The van der Waals surface area contributed by atoms with Gasteiger partial charge in [-0.1, -0.05) is 42.5 Å². The van der Waals surface area contributed by atoms with Crippen molar-refractivity contribution in [1.82, 2.24) is 0 Å².